The summed E-state index contributed by atoms with van der Waals surface area (Å²) in [7, 11) is -4.04. The number of nitrogens with zero attached hydrogens (tertiary/aromatic N) is 1. The van der Waals surface area contributed by atoms with E-state index in [9.17, 15) is 4.57 Å². The molecule has 19 heavy (non-hydrogen) atoms. The van der Waals surface area contributed by atoms with Gasteiger partial charge in [-0.3, -0.25) is 9.55 Å². The molecule has 2 rings (SSSR count). The zero-order chi connectivity index (χ0) is 12.3. The van der Waals surface area contributed by atoms with E-state index in [0.29, 0.717) is 5.69 Å². The van der Waals surface area contributed by atoms with E-state index in [1.807, 2.05) is 36.4 Å². The Bertz CT molecular complexity index is 552. The quantitative estimate of drug-likeness (QED) is 0.459. The molecule has 0 unspecified atom stereocenters. The molecule has 0 atom stereocenters. The van der Waals surface area contributed by atoms with Crippen LogP contribution in [0.4, 0.5) is 0 Å². The van der Waals surface area contributed by atoms with Crippen LogP contribution in [-0.4, -0.2) is 14.8 Å². The largest absolute Gasteiger partial charge is 1.00 e. The second-order valence-electron chi connectivity index (χ2n) is 3.73. The van der Waals surface area contributed by atoms with Gasteiger partial charge in [-0.1, -0.05) is 36.4 Å². The Morgan fingerprint density at radius 1 is 1.00 bits per heavy atom. The number of aromatic nitrogens is 1. The Morgan fingerprint density at radius 2 is 1.63 bits per heavy atom. The number of rotatable bonds is 3. The van der Waals surface area contributed by atoms with Crippen LogP contribution in [0.15, 0.2) is 48.7 Å². The van der Waals surface area contributed by atoms with E-state index in [-0.39, 0.29) is 68.1 Å². The molecule has 92 valence electrons. The SMILES string of the molecule is O=P(O)(O)Cc1ccc(-c2ccccc2)cn1.[H-].[H-].[Na+].[Na+]. The summed E-state index contributed by atoms with van der Waals surface area (Å²) in [5.74, 6) is 0. The summed E-state index contributed by atoms with van der Waals surface area (Å²) in [6, 6.07) is 13.2. The Hall–Kier alpha value is 0.520. The summed E-state index contributed by atoms with van der Waals surface area (Å²) < 4.78 is 10.8. The van der Waals surface area contributed by atoms with E-state index in [2.05, 4.69) is 4.98 Å². The van der Waals surface area contributed by atoms with Crippen LogP contribution in [-0.2, 0) is 10.7 Å². The van der Waals surface area contributed by atoms with E-state index in [4.69, 9.17) is 9.79 Å². The molecule has 0 aliphatic rings. The van der Waals surface area contributed by atoms with E-state index in [0.717, 1.165) is 11.1 Å². The zero-order valence-electron chi connectivity index (χ0n) is 13.0. The Morgan fingerprint density at radius 3 is 2.11 bits per heavy atom. The molecule has 0 aliphatic carbocycles. The number of hydrogen-bond donors (Lipinski definition) is 2. The van der Waals surface area contributed by atoms with Crippen molar-refractivity contribution in [1.82, 2.24) is 4.98 Å². The van der Waals surface area contributed by atoms with Gasteiger partial charge in [0.2, 0.25) is 0 Å². The van der Waals surface area contributed by atoms with Crippen molar-refractivity contribution in [3.05, 3.63) is 54.4 Å². The van der Waals surface area contributed by atoms with Gasteiger partial charge in [0.25, 0.3) is 0 Å². The molecule has 1 aromatic carbocycles. The van der Waals surface area contributed by atoms with Gasteiger partial charge in [0.05, 0.1) is 11.9 Å². The maximum Gasteiger partial charge on any atom is 1.00 e. The average molecular weight is 297 g/mol. The first-order valence-electron chi connectivity index (χ1n) is 5.09. The Labute approximate surface area is 159 Å². The van der Waals surface area contributed by atoms with Gasteiger partial charge in [0.15, 0.2) is 0 Å². The molecule has 2 N–H and O–H groups in total. The summed E-state index contributed by atoms with van der Waals surface area (Å²) in [4.78, 5) is 21.7. The van der Waals surface area contributed by atoms with Crippen LogP contribution >= 0.6 is 7.60 Å². The van der Waals surface area contributed by atoms with Gasteiger partial charge in [0, 0.05) is 11.8 Å². The molecule has 0 radical (unpaired) electrons. The molecule has 7 heteroatoms. The van der Waals surface area contributed by atoms with Crippen LogP contribution in [0.3, 0.4) is 0 Å². The van der Waals surface area contributed by atoms with Crippen LogP contribution in [0.5, 0.6) is 0 Å². The minimum atomic E-state index is -4.04. The zero-order valence-corrected chi connectivity index (χ0v) is 15.9. The van der Waals surface area contributed by atoms with E-state index < -0.39 is 7.60 Å². The summed E-state index contributed by atoms with van der Waals surface area (Å²) in [5, 5.41) is 0. The molecule has 0 bridgehead atoms. The van der Waals surface area contributed by atoms with Gasteiger partial charge in [0.1, 0.15) is 0 Å². The minimum Gasteiger partial charge on any atom is -1.00 e. The monoisotopic (exact) mass is 297 g/mol. The molecule has 4 nitrogen and oxygen atoms in total. The van der Waals surface area contributed by atoms with Gasteiger partial charge in [-0.25, -0.2) is 0 Å². The topological polar surface area (TPSA) is 70.4 Å². The molecule has 0 saturated carbocycles. The maximum atomic E-state index is 10.8. The second-order valence-corrected chi connectivity index (χ2v) is 5.37. The fourth-order valence-corrected chi connectivity index (χ4v) is 2.14. The van der Waals surface area contributed by atoms with Crippen molar-refractivity contribution in [2.45, 2.75) is 6.16 Å². The van der Waals surface area contributed by atoms with Crippen molar-refractivity contribution in [3.63, 3.8) is 0 Å². The summed E-state index contributed by atoms with van der Waals surface area (Å²) in [5.41, 5.74) is 2.36. The van der Waals surface area contributed by atoms with Crippen molar-refractivity contribution < 1.29 is 76.3 Å². The van der Waals surface area contributed by atoms with E-state index in [1.165, 1.54) is 0 Å². The van der Waals surface area contributed by atoms with Crippen LogP contribution in [0, 0.1) is 0 Å². The third kappa shape index (κ3) is 6.67. The van der Waals surface area contributed by atoms with Crippen LogP contribution in [0.25, 0.3) is 11.1 Å². The second kappa shape index (κ2) is 8.73. The van der Waals surface area contributed by atoms with Crippen molar-refractivity contribution >= 4 is 7.60 Å². The molecular weight excluding hydrogens is 283 g/mol. The Kier molecular flexibility index (Phi) is 8.97. The van der Waals surface area contributed by atoms with Crippen molar-refractivity contribution in [3.8, 4) is 11.1 Å². The molecular formula is C12H14NNa2O3P. The van der Waals surface area contributed by atoms with Gasteiger partial charge >= 0.3 is 66.7 Å². The molecule has 0 aliphatic heterocycles. The number of benzene rings is 1. The smallest absolute Gasteiger partial charge is 1.00 e. The third-order valence-electron chi connectivity index (χ3n) is 2.30. The predicted molar refractivity (Wildman–Crippen MR) is 67.6 cm³/mol. The number of pyridine rings is 1. The fraction of sp³-hybridized carbons (Fsp3) is 0.0833. The van der Waals surface area contributed by atoms with Gasteiger partial charge in [-0.05, 0) is 11.6 Å². The predicted octanol–water partition coefficient (Wildman–Crippen LogP) is -3.34. The molecule has 0 spiro atoms. The summed E-state index contributed by atoms with van der Waals surface area (Å²) >= 11 is 0. The molecule has 0 fully saturated rings. The third-order valence-corrected chi connectivity index (χ3v) is 3.04. The van der Waals surface area contributed by atoms with Crippen molar-refractivity contribution in [1.29, 1.82) is 0 Å². The van der Waals surface area contributed by atoms with Crippen molar-refractivity contribution in [2.24, 2.45) is 0 Å². The van der Waals surface area contributed by atoms with Crippen molar-refractivity contribution in [2.75, 3.05) is 0 Å². The van der Waals surface area contributed by atoms with Gasteiger partial charge < -0.3 is 12.6 Å². The van der Waals surface area contributed by atoms with E-state index >= 15 is 0 Å². The average Bonchev–Trinajstić information content (AvgIpc) is 2.29. The van der Waals surface area contributed by atoms with Gasteiger partial charge in [-0.15, -0.1) is 0 Å². The number of hydrogen-bond acceptors (Lipinski definition) is 2. The molecule has 1 aromatic heterocycles. The first kappa shape index (κ1) is 19.5. The molecule has 2 aromatic rings. The van der Waals surface area contributed by atoms with Crippen LogP contribution in [0.2, 0.25) is 0 Å². The fourth-order valence-electron chi connectivity index (χ4n) is 1.53. The maximum absolute atomic E-state index is 10.8. The standard InChI is InChI=1S/C12H12NO3P.2Na.2H/c14-17(15,16)9-12-7-6-11(8-13-12)10-4-2-1-3-5-10;;;;/h1-8H,9H2,(H2,14,15,16);;;;/q;2*+1;2*-1. The van der Waals surface area contributed by atoms with E-state index in [1.54, 1.807) is 12.3 Å². The van der Waals surface area contributed by atoms with Crippen LogP contribution < -0.4 is 59.1 Å². The molecule has 0 saturated heterocycles. The first-order valence-corrected chi connectivity index (χ1v) is 6.89. The normalized spacial score (nSPS) is 10.2. The summed E-state index contributed by atoms with van der Waals surface area (Å²) in [6.45, 7) is 0. The Balaban J connectivity index is -0.000000810. The van der Waals surface area contributed by atoms with Crippen LogP contribution in [0.1, 0.15) is 8.55 Å². The minimum absolute atomic E-state index is 0. The summed E-state index contributed by atoms with van der Waals surface area (Å²) in [6.07, 6.45) is 1.31. The molecule has 0 amide bonds. The first-order chi connectivity index (χ1) is 8.04. The van der Waals surface area contributed by atoms with Gasteiger partial charge in [-0.2, -0.15) is 0 Å². The molecule has 1 heterocycles.